The number of aromatic amines is 1. The Hall–Kier alpha value is -2.85. The van der Waals surface area contributed by atoms with E-state index in [0.29, 0.717) is 29.3 Å². The van der Waals surface area contributed by atoms with Gasteiger partial charge in [-0.25, -0.2) is 13.4 Å². The van der Waals surface area contributed by atoms with Crippen molar-refractivity contribution in [1.29, 1.82) is 0 Å². The lowest BCUT2D eigenvalue weighted by Crippen LogP contribution is -2.47. The minimum Gasteiger partial charge on any atom is -0.361 e. The molecule has 0 aliphatic carbocycles. The first kappa shape index (κ1) is 24.3. The fraction of sp³-hybridized carbons (Fsp3) is 0.375. The van der Waals surface area contributed by atoms with E-state index in [1.807, 2.05) is 54.3 Å². The molecule has 34 heavy (non-hydrogen) atoms. The number of anilines is 1. The molecule has 2 heterocycles. The third-order valence-electron chi connectivity index (χ3n) is 6.38. The molecule has 10 heteroatoms. The molecule has 0 saturated carbocycles. The number of imidazole rings is 1. The highest BCUT2D eigenvalue weighted by atomic mass is 32.2. The number of aryl methyl sites for hydroxylation is 3. The van der Waals surface area contributed by atoms with E-state index in [1.54, 1.807) is 19.3 Å². The smallest absolute Gasteiger partial charge is 0.361 e. The summed E-state index contributed by atoms with van der Waals surface area (Å²) in [5.74, 6) is 0. The molecule has 4 rings (SSSR count). The second-order valence-corrected chi connectivity index (χ2v) is 10.5. The van der Waals surface area contributed by atoms with Crippen molar-refractivity contribution in [1.82, 2.24) is 14.3 Å². The maximum Gasteiger partial charge on any atom is 0.511 e. The van der Waals surface area contributed by atoms with E-state index in [-0.39, 0.29) is 13.1 Å². The zero-order chi connectivity index (χ0) is 24.5. The molecule has 1 aromatic heterocycles. The van der Waals surface area contributed by atoms with Crippen molar-refractivity contribution in [2.45, 2.75) is 51.3 Å². The lowest BCUT2D eigenvalue weighted by Gasteiger charge is -2.34. The number of aromatic nitrogens is 2. The zero-order valence-electron chi connectivity index (χ0n) is 19.0. The zero-order valence-corrected chi connectivity index (χ0v) is 19.8. The molecule has 1 aliphatic rings. The van der Waals surface area contributed by atoms with Crippen LogP contribution in [0.25, 0.3) is 0 Å². The lowest BCUT2D eigenvalue weighted by atomic mass is 10.0. The largest absolute Gasteiger partial charge is 0.511 e. The van der Waals surface area contributed by atoms with Gasteiger partial charge in [0.05, 0.1) is 18.6 Å². The summed E-state index contributed by atoms with van der Waals surface area (Å²) < 4.78 is 66.5. The summed E-state index contributed by atoms with van der Waals surface area (Å²) in [6.45, 7) is 3.43. The van der Waals surface area contributed by atoms with Crippen LogP contribution in [0.15, 0.2) is 54.9 Å². The quantitative estimate of drug-likeness (QED) is 0.542. The molecule has 1 N–H and O–H groups in total. The van der Waals surface area contributed by atoms with Crippen LogP contribution >= 0.6 is 0 Å². The number of fused-ring (bicyclic) bond motifs is 1. The van der Waals surface area contributed by atoms with Gasteiger partial charge in [0, 0.05) is 30.5 Å². The van der Waals surface area contributed by atoms with Gasteiger partial charge in [0.25, 0.3) is 0 Å². The number of hydrogen-bond donors (Lipinski definition) is 1. The Bertz CT molecular complexity index is 1240. The van der Waals surface area contributed by atoms with Gasteiger partial charge in [-0.1, -0.05) is 42.5 Å². The molecule has 0 bridgehead atoms. The minimum atomic E-state index is -5.51. The average molecular weight is 493 g/mol. The number of rotatable bonds is 6. The summed E-state index contributed by atoms with van der Waals surface area (Å²) >= 11 is 0. The molecule has 182 valence electrons. The number of benzene rings is 2. The molecule has 3 aromatic rings. The molecule has 1 unspecified atom stereocenters. The second kappa shape index (κ2) is 9.42. The summed E-state index contributed by atoms with van der Waals surface area (Å²) in [7, 11) is -5.51. The van der Waals surface area contributed by atoms with Gasteiger partial charge in [-0.3, -0.25) is 0 Å². The highest BCUT2D eigenvalue weighted by Gasteiger charge is 2.51. The number of H-pyrrole nitrogens is 1. The van der Waals surface area contributed by atoms with Crippen LogP contribution in [0.3, 0.4) is 0 Å². The summed E-state index contributed by atoms with van der Waals surface area (Å²) in [4.78, 5) is 9.44. The minimum absolute atomic E-state index is 0.272. The van der Waals surface area contributed by atoms with E-state index in [2.05, 4.69) is 9.97 Å². The van der Waals surface area contributed by atoms with Crippen molar-refractivity contribution in [3.63, 3.8) is 0 Å². The summed E-state index contributed by atoms with van der Waals surface area (Å²) in [6.07, 6.45) is 2.66. The van der Waals surface area contributed by atoms with Crippen molar-refractivity contribution in [2.24, 2.45) is 0 Å². The Balaban J connectivity index is 1.79. The van der Waals surface area contributed by atoms with Gasteiger partial charge in [-0.05, 0) is 49.4 Å². The fourth-order valence-electron chi connectivity index (χ4n) is 4.41. The van der Waals surface area contributed by atoms with Gasteiger partial charge in [0.15, 0.2) is 0 Å². The molecule has 2 aromatic carbocycles. The van der Waals surface area contributed by atoms with Gasteiger partial charge in [-0.15, -0.1) is 0 Å². The molecule has 6 nitrogen and oxygen atoms in total. The van der Waals surface area contributed by atoms with Gasteiger partial charge in [0.1, 0.15) is 0 Å². The van der Waals surface area contributed by atoms with E-state index in [4.69, 9.17) is 0 Å². The molecule has 0 saturated heterocycles. The molecular weight excluding hydrogens is 465 g/mol. The topological polar surface area (TPSA) is 69.3 Å². The SMILES string of the molecule is Cc1cccc2c1CN(S(=O)(=O)C(F)(F)F)CC(CCc1ccccc1)N2Cc1nc[nH]c1C. The maximum atomic E-state index is 13.6. The number of nitrogens with zero attached hydrogens (tertiary/aromatic N) is 3. The Morgan fingerprint density at radius 2 is 1.82 bits per heavy atom. The van der Waals surface area contributed by atoms with Crippen LogP contribution in [0.1, 0.15) is 34.5 Å². The molecule has 1 aliphatic heterocycles. The molecule has 0 radical (unpaired) electrons. The number of halogens is 3. The highest BCUT2D eigenvalue weighted by molar-refractivity contribution is 7.89. The maximum absolute atomic E-state index is 13.6. The van der Waals surface area contributed by atoms with Gasteiger partial charge < -0.3 is 9.88 Å². The van der Waals surface area contributed by atoms with Crippen LogP contribution in [0.2, 0.25) is 0 Å². The third-order valence-corrected chi connectivity index (χ3v) is 7.92. The van der Waals surface area contributed by atoms with E-state index in [0.717, 1.165) is 28.2 Å². The number of alkyl halides is 3. The van der Waals surface area contributed by atoms with E-state index in [9.17, 15) is 21.6 Å². The van der Waals surface area contributed by atoms with E-state index in [1.165, 1.54) is 0 Å². The van der Waals surface area contributed by atoms with Crippen molar-refractivity contribution >= 4 is 15.7 Å². The highest BCUT2D eigenvalue weighted by Crippen LogP contribution is 2.37. The lowest BCUT2D eigenvalue weighted by molar-refractivity contribution is -0.0492. The van der Waals surface area contributed by atoms with Crippen LogP contribution in [-0.2, 0) is 29.5 Å². The van der Waals surface area contributed by atoms with Crippen molar-refractivity contribution in [2.75, 3.05) is 11.4 Å². The van der Waals surface area contributed by atoms with Crippen LogP contribution in [-0.4, -0.2) is 40.8 Å². The Morgan fingerprint density at radius 1 is 1.09 bits per heavy atom. The number of hydrogen-bond acceptors (Lipinski definition) is 4. The summed E-state index contributed by atoms with van der Waals surface area (Å²) in [5.41, 5.74) is -0.645. The monoisotopic (exact) mass is 492 g/mol. The molecule has 0 amide bonds. The van der Waals surface area contributed by atoms with Crippen LogP contribution in [0.5, 0.6) is 0 Å². The van der Waals surface area contributed by atoms with Crippen molar-refractivity contribution < 1.29 is 21.6 Å². The molecular formula is C24H27F3N4O2S. The number of sulfonamides is 1. The standard InChI is InChI=1S/C24H27F3N4O2S/c1-17-7-6-10-23-21(17)14-30(34(32,33)24(25,26)27)13-20(12-11-19-8-4-3-5-9-19)31(23)15-22-18(2)28-16-29-22/h3-10,16,20H,11-15H2,1-2H3,(H,28,29). The first-order valence-corrected chi connectivity index (χ1v) is 12.5. The first-order chi connectivity index (χ1) is 16.1. The van der Waals surface area contributed by atoms with Crippen molar-refractivity contribution in [3.8, 4) is 0 Å². The third kappa shape index (κ3) is 4.83. The number of nitrogens with one attached hydrogen (secondary N) is 1. The average Bonchev–Trinajstić information content (AvgIpc) is 3.11. The first-order valence-electron chi connectivity index (χ1n) is 11.0. The predicted molar refractivity (Wildman–Crippen MR) is 125 cm³/mol. The Morgan fingerprint density at radius 3 is 2.47 bits per heavy atom. The Labute approximate surface area is 197 Å². The van der Waals surface area contributed by atoms with Gasteiger partial charge >= 0.3 is 15.5 Å². The molecule has 1 atom stereocenters. The van der Waals surface area contributed by atoms with Crippen LogP contribution in [0.4, 0.5) is 18.9 Å². The van der Waals surface area contributed by atoms with Crippen LogP contribution in [0, 0.1) is 13.8 Å². The Kier molecular flexibility index (Phi) is 6.73. The fourth-order valence-corrected chi connectivity index (χ4v) is 5.37. The van der Waals surface area contributed by atoms with Gasteiger partial charge in [0.2, 0.25) is 0 Å². The van der Waals surface area contributed by atoms with E-state index < -0.39 is 21.6 Å². The van der Waals surface area contributed by atoms with Crippen LogP contribution < -0.4 is 4.90 Å². The summed E-state index contributed by atoms with van der Waals surface area (Å²) in [5, 5.41) is 0. The molecule has 0 spiro atoms. The normalized spacial score (nSPS) is 17.4. The predicted octanol–water partition coefficient (Wildman–Crippen LogP) is 4.70. The second-order valence-electron chi connectivity index (χ2n) is 8.60. The molecule has 0 fully saturated rings. The van der Waals surface area contributed by atoms with E-state index >= 15 is 0 Å². The summed E-state index contributed by atoms with van der Waals surface area (Å²) in [6, 6.07) is 14.6. The van der Waals surface area contributed by atoms with Crippen molar-refractivity contribution in [3.05, 3.63) is 82.9 Å². The van der Waals surface area contributed by atoms with Gasteiger partial charge in [-0.2, -0.15) is 17.5 Å².